The molecular weight excluding hydrogens is 380 g/mol. The molecule has 6 nitrogen and oxygen atoms in total. The lowest BCUT2D eigenvalue weighted by Gasteiger charge is -2.22. The Morgan fingerprint density at radius 1 is 1.07 bits per heavy atom. The first-order valence-corrected chi connectivity index (χ1v) is 9.00. The fourth-order valence-corrected chi connectivity index (χ4v) is 3.77. The Balaban J connectivity index is 1.84. The summed E-state index contributed by atoms with van der Waals surface area (Å²) < 4.78 is 11.0. The van der Waals surface area contributed by atoms with Gasteiger partial charge in [0, 0.05) is 11.1 Å². The quantitative estimate of drug-likeness (QED) is 0.502. The molecule has 2 aromatic carbocycles. The summed E-state index contributed by atoms with van der Waals surface area (Å²) in [6.07, 6.45) is 0. The summed E-state index contributed by atoms with van der Waals surface area (Å²) in [5.41, 5.74) is 1.06. The topological polar surface area (TPSA) is 76.6 Å². The molecule has 0 bridgehead atoms. The van der Waals surface area contributed by atoms with Gasteiger partial charge in [0.05, 0.1) is 17.0 Å². The summed E-state index contributed by atoms with van der Waals surface area (Å²) in [4.78, 5) is 28.0. The van der Waals surface area contributed by atoms with E-state index in [1.165, 1.54) is 4.90 Å². The molecule has 0 radical (unpaired) electrons. The third kappa shape index (κ3) is 2.38. The molecule has 4 aromatic rings. The zero-order valence-electron chi connectivity index (χ0n) is 14.7. The number of hydrogen-bond acceptors (Lipinski definition) is 5. The van der Waals surface area contributed by atoms with Crippen molar-refractivity contribution in [3.05, 3.63) is 92.5 Å². The number of anilines is 1. The molecule has 0 aliphatic carbocycles. The van der Waals surface area contributed by atoms with Crippen LogP contribution in [0.1, 0.15) is 33.5 Å². The van der Waals surface area contributed by atoms with E-state index in [0.717, 1.165) is 5.56 Å². The molecule has 0 fully saturated rings. The lowest BCUT2D eigenvalue weighted by molar-refractivity contribution is 0.0969. The van der Waals surface area contributed by atoms with Crippen LogP contribution in [0.4, 0.5) is 5.82 Å². The molecule has 0 saturated heterocycles. The Morgan fingerprint density at radius 2 is 1.86 bits per heavy atom. The van der Waals surface area contributed by atoms with Gasteiger partial charge in [-0.2, -0.15) is 0 Å². The number of halogens is 1. The van der Waals surface area contributed by atoms with Gasteiger partial charge in [0.15, 0.2) is 11.2 Å². The number of fused-ring (bicyclic) bond motifs is 2. The van der Waals surface area contributed by atoms with Gasteiger partial charge in [0.25, 0.3) is 5.91 Å². The van der Waals surface area contributed by atoms with E-state index in [9.17, 15) is 9.59 Å². The monoisotopic (exact) mass is 392 g/mol. The zero-order chi connectivity index (χ0) is 19.4. The maximum absolute atomic E-state index is 13.3. The SMILES string of the molecule is Cc1cc(N2C(=O)c3oc4ccc(Cl)cc4c(=O)c3[C@H]2c2ccccc2)no1. The third-order valence-corrected chi connectivity index (χ3v) is 5.04. The standard InChI is InChI=1S/C21H13ClN2O4/c1-11-9-16(23-28-11)24-18(12-5-3-2-4-6-12)17-19(25)14-10-13(22)7-8-15(14)27-20(17)21(24)26/h2-10,18H,1H3/t18-/m1/s1. The summed E-state index contributed by atoms with van der Waals surface area (Å²) in [5, 5.41) is 4.74. The molecule has 1 amide bonds. The van der Waals surface area contributed by atoms with Crippen molar-refractivity contribution in [1.82, 2.24) is 5.16 Å². The van der Waals surface area contributed by atoms with E-state index in [1.54, 1.807) is 31.2 Å². The van der Waals surface area contributed by atoms with Crippen molar-refractivity contribution in [3.63, 3.8) is 0 Å². The van der Waals surface area contributed by atoms with Crippen LogP contribution in [-0.4, -0.2) is 11.1 Å². The zero-order valence-corrected chi connectivity index (χ0v) is 15.4. The second-order valence-corrected chi connectivity index (χ2v) is 7.04. The molecule has 1 atom stereocenters. The first-order chi connectivity index (χ1) is 13.5. The summed E-state index contributed by atoms with van der Waals surface area (Å²) in [7, 11) is 0. The van der Waals surface area contributed by atoms with Gasteiger partial charge < -0.3 is 8.94 Å². The van der Waals surface area contributed by atoms with Crippen molar-refractivity contribution >= 4 is 34.3 Å². The van der Waals surface area contributed by atoms with Crippen molar-refractivity contribution in [3.8, 4) is 0 Å². The van der Waals surface area contributed by atoms with Gasteiger partial charge >= 0.3 is 0 Å². The predicted octanol–water partition coefficient (Wildman–Crippen LogP) is 4.49. The summed E-state index contributed by atoms with van der Waals surface area (Å²) in [6.45, 7) is 1.74. The van der Waals surface area contributed by atoms with Crippen LogP contribution in [0.25, 0.3) is 11.0 Å². The van der Waals surface area contributed by atoms with Crippen molar-refractivity contribution < 1.29 is 13.7 Å². The van der Waals surface area contributed by atoms with E-state index in [4.69, 9.17) is 20.5 Å². The van der Waals surface area contributed by atoms with Crippen molar-refractivity contribution in [1.29, 1.82) is 0 Å². The highest BCUT2D eigenvalue weighted by atomic mass is 35.5. The number of carbonyl (C=O) groups is 1. The smallest absolute Gasteiger partial charge is 0.296 e. The molecule has 28 heavy (non-hydrogen) atoms. The number of rotatable bonds is 2. The number of benzene rings is 2. The molecule has 5 rings (SSSR count). The first kappa shape index (κ1) is 16.8. The lowest BCUT2D eigenvalue weighted by atomic mass is 9.98. The van der Waals surface area contributed by atoms with E-state index in [-0.39, 0.29) is 16.8 Å². The number of amides is 1. The second kappa shape index (κ2) is 6.07. The maximum atomic E-state index is 13.3. The summed E-state index contributed by atoms with van der Waals surface area (Å²) >= 11 is 6.07. The van der Waals surface area contributed by atoms with E-state index in [0.29, 0.717) is 27.6 Å². The predicted molar refractivity (Wildman–Crippen MR) is 104 cm³/mol. The van der Waals surface area contributed by atoms with Gasteiger partial charge in [0.2, 0.25) is 5.76 Å². The van der Waals surface area contributed by atoms with Gasteiger partial charge in [-0.15, -0.1) is 0 Å². The first-order valence-electron chi connectivity index (χ1n) is 8.62. The average Bonchev–Trinajstić information content (AvgIpc) is 3.24. The Labute approximate surface area is 163 Å². The minimum absolute atomic E-state index is 0.00864. The van der Waals surface area contributed by atoms with Crippen LogP contribution in [0.3, 0.4) is 0 Å². The minimum atomic E-state index is -0.673. The average molecular weight is 393 g/mol. The molecule has 3 heterocycles. The number of aromatic nitrogens is 1. The highest BCUT2D eigenvalue weighted by molar-refractivity contribution is 6.31. The van der Waals surface area contributed by atoms with E-state index < -0.39 is 11.9 Å². The maximum Gasteiger partial charge on any atom is 0.296 e. The van der Waals surface area contributed by atoms with E-state index in [2.05, 4.69) is 5.16 Å². The number of aryl methyl sites for hydroxylation is 1. The fourth-order valence-electron chi connectivity index (χ4n) is 3.60. The Hall–Kier alpha value is -3.38. The molecule has 0 unspecified atom stereocenters. The van der Waals surface area contributed by atoms with Crippen LogP contribution in [0, 0.1) is 6.92 Å². The van der Waals surface area contributed by atoms with Crippen LogP contribution in [0.5, 0.6) is 0 Å². The largest absolute Gasteiger partial charge is 0.450 e. The van der Waals surface area contributed by atoms with E-state index in [1.807, 2.05) is 30.3 Å². The molecule has 138 valence electrons. The van der Waals surface area contributed by atoms with Gasteiger partial charge in [-0.25, -0.2) is 0 Å². The highest BCUT2D eigenvalue weighted by Gasteiger charge is 2.44. The molecule has 1 aliphatic rings. The molecule has 2 aromatic heterocycles. The van der Waals surface area contributed by atoms with Crippen LogP contribution in [0.2, 0.25) is 5.02 Å². The normalized spacial score (nSPS) is 16.0. The Kier molecular flexibility index (Phi) is 3.64. The van der Waals surface area contributed by atoms with Crippen molar-refractivity contribution in [2.24, 2.45) is 0 Å². The van der Waals surface area contributed by atoms with Crippen molar-refractivity contribution in [2.75, 3.05) is 4.90 Å². The van der Waals surface area contributed by atoms with E-state index >= 15 is 0 Å². The van der Waals surface area contributed by atoms with Crippen LogP contribution >= 0.6 is 11.6 Å². The van der Waals surface area contributed by atoms with Gasteiger partial charge in [-0.05, 0) is 30.7 Å². The van der Waals surface area contributed by atoms with Crippen LogP contribution in [0.15, 0.2) is 68.3 Å². The molecular formula is C21H13ClN2O4. The van der Waals surface area contributed by atoms with Crippen LogP contribution < -0.4 is 10.3 Å². The third-order valence-electron chi connectivity index (χ3n) is 4.81. The van der Waals surface area contributed by atoms with Gasteiger partial charge in [-0.1, -0.05) is 47.1 Å². The minimum Gasteiger partial charge on any atom is -0.450 e. The summed E-state index contributed by atoms with van der Waals surface area (Å²) in [5.74, 6) is 0.450. The number of carbonyl (C=O) groups excluding carboxylic acids is 1. The molecule has 1 aliphatic heterocycles. The lowest BCUT2D eigenvalue weighted by Crippen LogP contribution is -2.29. The summed E-state index contributed by atoms with van der Waals surface area (Å²) in [6, 6.07) is 15.0. The number of nitrogens with zero attached hydrogens (tertiary/aromatic N) is 2. The molecule has 0 N–H and O–H groups in total. The number of hydrogen-bond donors (Lipinski definition) is 0. The Morgan fingerprint density at radius 3 is 2.57 bits per heavy atom. The highest BCUT2D eigenvalue weighted by Crippen LogP contribution is 2.40. The molecule has 0 spiro atoms. The molecule has 7 heteroatoms. The van der Waals surface area contributed by atoms with Gasteiger partial charge in [-0.3, -0.25) is 14.5 Å². The molecule has 0 saturated carbocycles. The fraction of sp³-hybridized carbons (Fsp3) is 0.0952. The Bertz CT molecular complexity index is 1290. The van der Waals surface area contributed by atoms with Gasteiger partial charge in [0.1, 0.15) is 11.3 Å². The van der Waals surface area contributed by atoms with Crippen molar-refractivity contribution in [2.45, 2.75) is 13.0 Å². The van der Waals surface area contributed by atoms with Crippen LogP contribution in [-0.2, 0) is 0 Å². The second-order valence-electron chi connectivity index (χ2n) is 6.60.